The van der Waals surface area contributed by atoms with Gasteiger partial charge in [0.25, 0.3) is 5.91 Å². The highest BCUT2D eigenvalue weighted by Crippen LogP contribution is 2.34. The number of halogens is 4. The minimum Gasteiger partial charge on any atom is -0.352 e. The molecule has 1 aromatic carbocycles. The molecule has 1 amide bonds. The van der Waals surface area contributed by atoms with Crippen LogP contribution in [0.5, 0.6) is 0 Å². The molecule has 0 atom stereocenters. The monoisotopic (exact) mass is 321 g/mol. The molecule has 18 heavy (non-hydrogen) atoms. The summed E-state index contributed by atoms with van der Waals surface area (Å²) in [6, 6.07) is 3.54. The van der Waals surface area contributed by atoms with Gasteiger partial charge in [0.2, 0.25) is 0 Å². The third-order valence-electron chi connectivity index (χ3n) is 2.78. The van der Waals surface area contributed by atoms with Crippen molar-refractivity contribution in [2.75, 3.05) is 6.54 Å². The Labute approximate surface area is 111 Å². The number of carbonyl (C=O) groups is 1. The molecule has 1 aromatic rings. The normalized spacial score (nSPS) is 15.6. The molecule has 1 aliphatic rings. The van der Waals surface area contributed by atoms with Crippen molar-refractivity contribution in [1.29, 1.82) is 0 Å². The van der Waals surface area contributed by atoms with Crippen molar-refractivity contribution in [3.63, 3.8) is 0 Å². The fourth-order valence-corrected chi connectivity index (χ4v) is 1.96. The van der Waals surface area contributed by atoms with Crippen LogP contribution < -0.4 is 5.32 Å². The van der Waals surface area contributed by atoms with Crippen LogP contribution in [0.1, 0.15) is 28.8 Å². The molecule has 0 saturated heterocycles. The van der Waals surface area contributed by atoms with Gasteiger partial charge < -0.3 is 5.32 Å². The van der Waals surface area contributed by atoms with Crippen LogP contribution in [0.3, 0.4) is 0 Å². The number of amides is 1. The van der Waals surface area contributed by atoms with Gasteiger partial charge in [0.1, 0.15) is 0 Å². The summed E-state index contributed by atoms with van der Waals surface area (Å²) in [5.74, 6) is -0.236. The van der Waals surface area contributed by atoms with E-state index < -0.39 is 17.6 Å². The Kier molecular flexibility index (Phi) is 3.66. The Balaban J connectivity index is 2.22. The van der Waals surface area contributed by atoms with Crippen LogP contribution in [0.25, 0.3) is 0 Å². The predicted octanol–water partition coefficient (Wildman–Crippen LogP) is 3.61. The fourth-order valence-electron chi connectivity index (χ4n) is 1.60. The van der Waals surface area contributed by atoms with Gasteiger partial charge in [0.15, 0.2) is 0 Å². The van der Waals surface area contributed by atoms with Crippen molar-refractivity contribution in [3.05, 3.63) is 33.8 Å². The van der Waals surface area contributed by atoms with Gasteiger partial charge in [0, 0.05) is 11.0 Å². The van der Waals surface area contributed by atoms with Crippen LogP contribution in [0.4, 0.5) is 13.2 Å². The maximum Gasteiger partial charge on any atom is 0.417 e. The molecule has 0 bridgehead atoms. The number of hydrogen-bond acceptors (Lipinski definition) is 1. The quantitative estimate of drug-likeness (QED) is 0.905. The van der Waals surface area contributed by atoms with E-state index in [9.17, 15) is 18.0 Å². The zero-order chi connectivity index (χ0) is 13.3. The van der Waals surface area contributed by atoms with E-state index in [4.69, 9.17) is 0 Å². The summed E-state index contributed by atoms with van der Waals surface area (Å²) in [5, 5.41) is 2.54. The number of benzene rings is 1. The topological polar surface area (TPSA) is 29.1 Å². The Morgan fingerprint density at radius 1 is 1.39 bits per heavy atom. The van der Waals surface area contributed by atoms with E-state index in [1.165, 1.54) is 12.1 Å². The van der Waals surface area contributed by atoms with Gasteiger partial charge in [-0.1, -0.05) is 15.9 Å². The Bertz CT molecular complexity index is 469. The largest absolute Gasteiger partial charge is 0.417 e. The third-order valence-corrected chi connectivity index (χ3v) is 3.27. The lowest BCUT2D eigenvalue weighted by atomic mass is 10.1. The van der Waals surface area contributed by atoms with E-state index in [-0.39, 0.29) is 5.56 Å². The van der Waals surface area contributed by atoms with E-state index in [0.29, 0.717) is 16.9 Å². The molecule has 98 valence electrons. The molecular weight excluding hydrogens is 311 g/mol. The summed E-state index contributed by atoms with van der Waals surface area (Å²) in [7, 11) is 0. The highest BCUT2D eigenvalue weighted by Gasteiger charge is 2.35. The maximum absolute atomic E-state index is 12.8. The van der Waals surface area contributed by atoms with Crippen LogP contribution in [0, 0.1) is 5.92 Å². The van der Waals surface area contributed by atoms with Crippen LogP contribution >= 0.6 is 15.9 Å². The van der Waals surface area contributed by atoms with Crippen LogP contribution in [0.15, 0.2) is 22.7 Å². The summed E-state index contributed by atoms with van der Waals surface area (Å²) in [4.78, 5) is 11.7. The lowest BCUT2D eigenvalue weighted by Crippen LogP contribution is -2.28. The van der Waals surface area contributed by atoms with Gasteiger partial charge in [-0.15, -0.1) is 0 Å². The first-order valence-electron chi connectivity index (χ1n) is 5.53. The van der Waals surface area contributed by atoms with E-state index in [2.05, 4.69) is 21.2 Å². The smallest absolute Gasteiger partial charge is 0.352 e. The van der Waals surface area contributed by atoms with Gasteiger partial charge in [0.05, 0.1) is 11.1 Å². The Hall–Kier alpha value is -1.04. The molecule has 0 aliphatic heterocycles. The molecule has 0 heterocycles. The Morgan fingerprint density at radius 3 is 2.61 bits per heavy atom. The number of rotatable bonds is 3. The summed E-state index contributed by atoms with van der Waals surface area (Å²) in [5.41, 5.74) is -1.24. The van der Waals surface area contributed by atoms with Gasteiger partial charge in [-0.3, -0.25) is 4.79 Å². The first kappa shape index (κ1) is 13.4. The first-order valence-corrected chi connectivity index (χ1v) is 6.32. The average Bonchev–Trinajstić information content (AvgIpc) is 3.08. The van der Waals surface area contributed by atoms with Crippen molar-refractivity contribution < 1.29 is 18.0 Å². The van der Waals surface area contributed by atoms with Gasteiger partial charge >= 0.3 is 6.18 Å². The summed E-state index contributed by atoms with van der Waals surface area (Å²) >= 11 is 2.98. The molecule has 1 fully saturated rings. The molecule has 1 aliphatic carbocycles. The fraction of sp³-hybridized carbons (Fsp3) is 0.417. The number of hydrogen-bond donors (Lipinski definition) is 1. The molecule has 2 nitrogen and oxygen atoms in total. The van der Waals surface area contributed by atoms with E-state index in [0.717, 1.165) is 18.9 Å². The molecule has 1 saturated carbocycles. The number of alkyl halides is 3. The van der Waals surface area contributed by atoms with Crippen molar-refractivity contribution in [3.8, 4) is 0 Å². The molecule has 6 heteroatoms. The average molecular weight is 322 g/mol. The van der Waals surface area contributed by atoms with Crippen molar-refractivity contribution in [2.24, 2.45) is 5.92 Å². The summed E-state index contributed by atoms with van der Waals surface area (Å²) in [6.07, 6.45) is -2.46. The standard InChI is InChI=1S/C12H11BrF3NO/c13-8-3-4-9(10(5-8)12(14,15)16)11(18)17-6-7-1-2-7/h3-5,7H,1-2,6H2,(H,17,18). The molecule has 0 spiro atoms. The van der Waals surface area contributed by atoms with Gasteiger partial charge in [-0.2, -0.15) is 13.2 Å². The lowest BCUT2D eigenvalue weighted by molar-refractivity contribution is -0.138. The molecule has 0 aromatic heterocycles. The summed E-state index contributed by atoms with van der Waals surface area (Å²) in [6.45, 7) is 0.451. The second kappa shape index (κ2) is 4.91. The summed E-state index contributed by atoms with van der Waals surface area (Å²) < 4.78 is 38.7. The zero-order valence-corrected chi connectivity index (χ0v) is 10.9. The number of nitrogens with one attached hydrogen (secondary N) is 1. The van der Waals surface area contributed by atoms with E-state index in [1.54, 1.807) is 0 Å². The predicted molar refractivity (Wildman–Crippen MR) is 64.2 cm³/mol. The van der Waals surface area contributed by atoms with Crippen molar-refractivity contribution >= 4 is 21.8 Å². The molecule has 0 radical (unpaired) electrons. The lowest BCUT2D eigenvalue weighted by Gasteiger charge is -2.13. The van der Waals surface area contributed by atoms with Crippen molar-refractivity contribution in [2.45, 2.75) is 19.0 Å². The highest BCUT2D eigenvalue weighted by atomic mass is 79.9. The minimum absolute atomic E-state index is 0.300. The van der Waals surface area contributed by atoms with Gasteiger partial charge in [-0.05, 0) is 37.0 Å². The molecular formula is C12H11BrF3NO. The zero-order valence-electron chi connectivity index (χ0n) is 9.35. The second-order valence-electron chi connectivity index (χ2n) is 4.34. The first-order chi connectivity index (χ1) is 8.38. The number of carbonyl (C=O) groups excluding carboxylic acids is 1. The SMILES string of the molecule is O=C(NCC1CC1)c1ccc(Br)cc1C(F)(F)F. The van der Waals surface area contributed by atoms with E-state index in [1.807, 2.05) is 0 Å². The maximum atomic E-state index is 12.8. The highest BCUT2D eigenvalue weighted by molar-refractivity contribution is 9.10. The van der Waals surface area contributed by atoms with Crippen LogP contribution in [-0.2, 0) is 6.18 Å². The third kappa shape index (κ3) is 3.25. The van der Waals surface area contributed by atoms with E-state index >= 15 is 0 Å². The molecule has 0 unspecified atom stereocenters. The van der Waals surface area contributed by atoms with Crippen LogP contribution in [0.2, 0.25) is 0 Å². The van der Waals surface area contributed by atoms with Gasteiger partial charge in [-0.25, -0.2) is 0 Å². The van der Waals surface area contributed by atoms with Crippen LogP contribution in [-0.4, -0.2) is 12.5 Å². The Morgan fingerprint density at radius 2 is 2.06 bits per heavy atom. The molecule has 2 rings (SSSR count). The molecule has 1 N–H and O–H groups in total. The van der Waals surface area contributed by atoms with Crippen molar-refractivity contribution in [1.82, 2.24) is 5.32 Å². The minimum atomic E-state index is -4.53. The second-order valence-corrected chi connectivity index (χ2v) is 5.26.